The van der Waals surface area contributed by atoms with Crippen molar-refractivity contribution < 1.29 is 9.59 Å². The SMILES string of the molecule is CC(=O)N1CCCn2nc(C(=O)Nc3nc4ccc(NSc5cccs5)cc4s3)cc2C1. The lowest BCUT2D eigenvalue weighted by atomic mass is 10.3. The Kier molecular flexibility index (Phi) is 5.85. The lowest BCUT2D eigenvalue weighted by Crippen LogP contribution is -2.28. The number of aromatic nitrogens is 3. The van der Waals surface area contributed by atoms with Crippen molar-refractivity contribution in [3.63, 3.8) is 0 Å². The molecule has 2 amide bonds. The molecule has 1 aliphatic heterocycles. The first-order valence-electron chi connectivity index (χ1n) is 10.1. The number of nitrogens with one attached hydrogen (secondary N) is 2. The highest BCUT2D eigenvalue weighted by Gasteiger charge is 2.21. The normalized spacial score (nSPS) is 13.6. The Balaban J connectivity index is 1.28. The molecule has 1 aliphatic rings. The Morgan fingerprint density at radius 3 is 2.91 bits per heavy atom. The maximum atomic E-state index is 12.8. The molecule has 32 heavy (non-hydrogen) atoms. The van der Waals surface area contributed by atoms with E-state index in [4.69, 9.17) is 0 Å². The molecule has 0 saturated heterocycles. The summed E-state index contributed by atoms with van der Waals surface area (Å²) in [5.74, 6) is -0.270. The third-order valence-corrected chi connectivity index (χ3v) is 7.87. The Morgan fingerprint density at radius 1 is 1.19 bits per heavy atom. The van der Waals surface area contributed by atoms with Crippen molar-refractivity contribution in [3.8, 4) is 0 Å². The quantitative estimate of drug-likeness (QED) is 0.400. The molecule has 0 saturated carbocycles. The molecule has 8 nitrogen and oxygen atoms in total. The number of amides is 2. The van der Waals surface area contributed by atoms with Gasteiger partial charge in [0.1, 0.15) is 0 Å². The molecule has 0 radical (unpaired) electrons. The van der Waals surface area contributed by atoms with E-state index in [9.17, 15) is 9.59 Å². The Labute approximate surface area is 196 Å². The molecule has 0 atom stereocenters. The van der Waals surface area contributed by atoms with Gasteiger partial charge in [0.15, 0.2) is 10.8 Å². The summed E-state index contributed by atoms with van der Waals surface area (Å²) in [6, 6.07) is 11.8. The van der Waals surface area contributed by atoms with E-state index in [-0.39, 0.29) is 11.8 Å². The summed E-state index contributed by atoms with van der Waals surface area (Å²) >= 11 is 4.67. The van der Waals surface area contributed by atoms with Crippen LogP contribution in [-0.4, -0.2) is 38.0 Å². The summed E-state index contributed by atoms with van der Waals surface area (Å²) in [6.07, 6.45) is 0.814. The molecule has 11 heteroatoms. The van der Waals surface area contributed by atoms with Crippen molar-refractivity contribution >= 4 is 67.5 Å². The number of benzene rings is 1. The van der Waals surface area contributed by atoms with Gasteiger partial charge in [-0.2, -0.15) is 5.10 Å². The number of thiophene rings is 1. The molecule has 0 fully saturated rings. The first-order chi connectivity index (χ1) is 15.5. The van der Waals surface area contributed by atoms with E-state index >= 15 is 0 Å². The number of nitrogens with zero attached hydrogens (tertiary/aromatic N) is 4. The molecule has 5 rings (SSSR count). The number of rotatable bonds is 5. The zero-order valence-electron chi connectivity index (χ0n) is 17.2. The van der Waals surface area contributed by atoms with Crippen LogP contribution in [0.25, 0.3) is 10.2 Å². The minimum atomic E-state index is -0.300. The van der Waals surface area contributed by atoms with Gasteiger partial charge in [-0.1, -0.05) is 17.4 Å². The molecule has 0 aliphatic carbocycles. The van der Waals surface area contributed by atoms with Crippen LogP contribution in [-0.2, 0) is 17.9 Å². The highest BCUT2D eigenvalue weighted by atomic mass is 32.2. The largest absolute Gasteiger partial charge is 0.337 e. The smallest absolute Gasteiger partial charge is 0.277 e. The Bertz CT molecular complexity index is 1280. The molecule has 0 spiro atoms. The van der Waals surface area contributed by atoms with Crippen LogP contribution in [0, 0.1) is 0 Å². The summed E-state index contributed by atoms with van der Waals surface area (Å²) in [5.41, 5.74) is 3.01. The number of hydrogen-bond donors (Lipinski definition) is 2. The molecule has 2 N–H and O–H groups in total. The van der Waals surface area contributed by atoms with Crippen LogP contribution < -0.4 is 10.0 Å². The fraction of sp³-hybridized carbons (Fsp3) is 0.238. The Hall–Kier alpha value is -2.89. The summed E-state index contributed by atoms with van der Waals surface area (Å²) in [5, 5.41) is 9.89. The number of carbonyl (C=O) groups is 2. The minimum absolute atomic E-state index is 0.0303. The monoisotopic (exact) mass is 484 g/mol. The van der Waals surface area contributed by atoms with Crippen LogP contribution in [0.2, 0.25) is 0 Å². The lowest BCUT2D eigenvalue weighted by molar-refractivity contribution is -0.129. The number of thiazole rings is 1. The second kappa shape index (κ2) is 8.93. The van der Waals surface area contributed by atoms with E-state index in [1.54, 1.807) is 41.2 Å². The topological polar surface area (TPSA) is 92.2 Å². The summed E-state index contributed by atoms with van der Waals surface area (Å²) in [6.45, 7) is 3.42. The zero-order chi connectivity index (χ0) is 22.1. The summed E-state index contributed by atoms with van der Waals surface area (Å²) in [7, 11) is 0. The number of carbonyl (C=O) groups excluding carboxylic acids is 2. The number of hydrogen-bond acceptors (Lipinski definition) is 8. The van der Waals surface area contributed by atoms with Crippen LogP contribution in [0.5, 0.6) is 0 Å². The Morgan fingerprint density at radius 2 is 2.09 bits per heavy atom. The molecule has 1 aromatic carbocycles. The third-order valence-electron chi connectivity index (χ3n) is 5.07. The summed E-state index contributed by atoms with van der Waals surface area (Å²) in [4.78, 5) is 30.9. The van der Waals surface area contributed by atoms with Gasteiger partial charge in [-0.05, 0) is 54.1 Å². The van der Waals surface area contributed by atoms with Crippen LogP contribution in [0.4, 0.5) is 10.8 Å². The summed E-state index contributed by atoms with van der Waals surface area (Å²) < 4.78 is 7.32. The highest BCUT2D eigenvalue weighted by molar-refractivity contribution is 8.02. The van der Waals surface area contributed by atoms with Gasteiger partial charge < -0.3 is 9.62 Å². The second-order valence-corrected chi connectivity index (χ2v) is 10.4. The number of anilines is 2. The van der Waals surface area contributed by atoms with E-state index in [1.165, 1.54) is 15.5 Å². The predicted octanol–water partition coefficient (Wildman–Crippen LogP) is 4.68. The second-order valence-electron chi connectivity index (χ2n) is 7.33. The van der Waals surface area contributed by atoms with Crippen LogP contribution >= 0.6 is 34.6 Å². The highest BCUT2D eigenvalue weighted by Crippen LogP contribution is 2.31. The van der Waals surface area contributed by atoms with Crippen molar-refractivity contribution in [2.24, 2.45) is 0 Å². The predicted molar refractivity (Wildman–Crippen MR) is 129 cm³/mol. The molecule has 4 heterocycles. The average Bonchev–Trinajstić information content (AvgIpc) is 3.49. The van der Waals surface area contributed by atoms with Crippen LogP contribution in [0.1, 0.15) is 29.5 Å². The van der Waals surface area contributed by atoms with Gasteiger partial charge >= 0.3 is 0 Å². The van der Waals surface area contributed by atoms with Gasteiger partial charge in [0.05, 0.1) is 26.7 Å². The maximum absolute atomic E-state index is 12.8. The fourth-order valence-corrected chi connectivity index (χ4v) is 5.80. The van der Waals surface area contributed by atoms with Gasteiger partial charge in [-0.3, -0.25) is 19.6 Å². The zero-order valence-corrected chi connectivity index (χ0v) is 19.6. The molecular weight excluding hydrogens is 464 g/mol. The molecule has 4 aromatic rings. The van der Waals surface area contributed by atoms with Crippen LogP contribution in [0.3, 0.4) is 0 Å². The maximum Gasteiger partial charge on any atom is 0.277 e. The molecule has 164 valence electrons. The average molecular weight is 485 g/mol. The van der Waals surface area contributed by atoms with E-state index in [0.29, 0.717) is 30.5 Å². The van der Waals surface area contributed by atoms with Crippen LogP contribution in [0.15, 0.2) is 46.0 Å². The molecular formula is C21H20N6O2S3. The van der Waals surface area contributed by atoms with Gasteiger partial charge in [0, 0.05) is 25.7 Å². The lowest BCUT2D eigenvalue weighted by Gasteiger charge is -2.17. The molecule has 3 aromatic heterocycles. The van der Waals surface area contributed by atoms with Gasteiger partial charge in [-0.15, -0.1) is 11.3 Å². The van der Waals surface area contributed by atoms with Crippen molar-refractivity contribution in [3.05, 3.63) is 53.2 Å². The van der Waals surface area contributed by atoms with E-state index in [0.717, 1.165) is 28.0 Å². The first kappa shape index (κ1) is 21.0. The van der Waals surface area contributed by atoms with Gasteiger partial charge in [0.2, 0.25) is 5.91 Å². The van der Waals surface area contributed by atoms with Gasteiger partial charge in [-0.25, -0.2) is 4.98 Å². The van der Waals surface area contributed by atoms with E-state index in [2.05, 4.69) is 26.2 Å². The number of fused-ring (bicyclic) bond motifs is 2. The minimum Gasteiger partial charge on any atom is -0.337 e. The van der Waals surface area contributed by atoms with E-state index < -0.39 is 0 Å². The van der Waals surface area contributed by atoms with Crippen molar-refractivity contribution in [2.75, 3.05) is 16.6 Å². The van der Waals surface area contributed by atoms with E-state index in [1.807, 2.05) is 34.3 Å². The van der Waals surface area contributed by atoms with Gasteiger partial charge in [0.25, 0.3) is 5.91 Å². The van der Waals surface area contributed by atoms with Crippen molar-refractivity contribution in [2.45, 2.75) is 30.6 Å². The third kappa shape index (κ3) is 4.50. The van der Waals surface area contributed by atoms with Crippen molar-refractivity contribution in [1.29, 1.82) is 0 Å². The first-order valence-corrected chi connectivity index (χ1v) is 12.6. The van der Waals surface area contributed by atoms with Crippen molar-refractivity contribution in [1.82, 2.24) is 19.7 Å². The fourth-order valence-electron chi connectivity index (χ4n) is 3.48. The molecule has 0 unspecified atom stereocenters. The molecule has 0 bridgehead atoms. The number of aryl methyl sites for hydroxylation is 1. The standard InChI is InChI=1S/C21H20N6O2S3/c1-13(28)26-7-3-8-27-15(12-26)11-17(24-27)20(29)23-21-22-16-6-5-14(10-18(16)31-21)25-32-19-4-2-9-30-19/h2,4-6,9-11,25H,3,7-8,12H2,1H3,(H,22,23,29).